The van der Waals surface area contributed by atoms with Crippen molar-refractivity contribution in [2.24, 2.45) is 15.9 Å². The van der Waals surface area contributed by atoms with Gasteiger partial charge in [-0.25, -0.2) is 4.98 Å². The monoisotopic (exact) mass is 540 g/mol. The smallest absolute Gasteiger partial charge is 0.225 e. The second-order valence-electron chi connectivity index (χ2n) is 10.8. The molecule has 40 heavy (non-hydrogen) atoms. The van der Waals surface area contributed by atoms with Crippen molar-refractivity contribution in [1.29, 1.82) is 5.26 Å². The lowest BCUT2D eigenvalue weighted by Crippen LogP contribution is -2.57. The van der Waals surface area contributed by atoms with Gasteiger partial charge in [0.05, 0.1) is 47.9 Å². The lowest BCUT2D eigenvalue weighted by Gasteiger charge is -2.44. The van der Waals surface area contributed by atoms with E-state index in [0.717, 1.165) is 46.7 Å². The molecule has 4 rings (SSSR count). The summed E-state index contributed by atoms with van der Waals surface area (Å²) in [4.78, 5) is 31.3. The van der Waals surface area contributed by atoms with Gasteiger partial charge in [0.25, 0.3) is 0 Å². The molecule has 1 aromatic heterocycles. The number of benzene rings is 1. The maximum atomic E-state index is 12.9. The van der Waals surface area contributed by atoms with Crippen LogP contribution >= 0.6 is 0 Å². The molecule has 1 unspecified atom stereocenters. The van der Waals surface area contributed by atoms with E-state index in [1.165, 1.54) is 0 Å². The maximum absolute atomic E-state index is 12.9. The zero-order valence-corrected chi connectivity index (χ0v) is 24.4. The highest BCUT2D eigenvalue weighted by Gasteiger charge is 2.36. The summed E-state index contributed by atoms with van der Waals surface area (Å²) in [5.41, 5.74) is 5.99. The lowest BCUT2D eigenvalue weighted by molar-refractivity contribution is -0.135. The summed E-state index contributed by atoms with van der Waals surface area (Å²) >= 11 is 0. The number of allylic oxidation sites excluding steroid dienone is 1. The molecular formula is C32H40N6O2. The minimum absolute atomic E-state index is 0.0326. The summed E-state index contributed by atoms with van der Waals surface area (Å²) in [6.45, 7) is 12.4. The number of piperazine rings is 1. The number of aliphatic imine (C=N–C) groups is 2. The Kier molecular flexibility index (Phi) is 9.49. The molecule has 1 aromatic carbocycles. The van der Waals surface area contributed by atoms with Crippen LogP contribution in [0, 0.1) is 24.2 Å². The Morgan fingerprint density at radius 3 is 2.67 bits per heavy atom. The van der Waals surface area contributed by atoms with E-state index < -0.39 is 0 Å². The highest BCUT2D eigenvalue weighted by atomic mass is 16.5. The third-order valence-electron chi connectivity index (χ3n) is 7.84. The van der Waals surface area contributed by atoms with Gasteiger partial charge < -0.3 is 14.5 Å². The Hall–Kier alpha value is -3.83. The predicted molar refractivity (Wildman–Crippen MR) is 162 cm³/mol. The Labute approximate surface area is 238 Å². The second kappa shape index (κ2) is 13.0. The van der Waals surface area contributed by atoms with Crippen LogP contribution < -0.4 is 4.90 Å². The standard InChI is InChI=1S/C32H40N6O2/c1-7-24(34-5)19-35-27-11-9-8-10-25(27)30-22(4)26(18-33)32(36-31(30)23-12-13-23)37-15-16-38(28(20-37)21(2)3)29(39)14-17-40-6/h7-11,19,21,23,28H,1,12-17,20H2,2-6H3. The number of amides is 1. The van der Waals surface area contributed by atoms with Crippen molar-refractivity contribution < 1.29 is 9.53 Å². The minimum Gasteiger partial charge on any atom is -0.384 e. The molecule has 0 bridgehead atoms. The maximum Gasteiger partial charge on any atom is 0.225 e. The molecule has 1 aliphatic heterocycles. The summed E-state index contributed by atoms with van der Waals surface area (Å²) in [5.74, 6) is 1.47. The van der Waals surface area contributed by atoms with E-state index in [1.807, 2.05) is 30.0 Å². The summed E-state index contributed by atoms with van der Waals surface area (Å²) in [6, 6.07) is 10.5. The second-order valence-corrected chi connectivity index (χ2v) is 10.8. The van der Waals surface area contributed by atoms with Crippen LogP contribution in [0.25, 0.3) is 11.1 Å². The molecular weight excluding hydrogens is 500 g/mol. The number of hydrogen-bond acceptors (Lipinski definition) is 7. The van der Waals surface area contributed by atoms with Gasteiger partial charge in [0.2, 0.25) is 5.91 Å². The number of carbonyl (C=O) groups is 1. The van der Waals surface area contributed by atoms with Gasteiger partial charge in [-0.3, -0.25) is 14.8 Å². The summed E-state index contributed by atoms with van der Waals surface area (Å²) in [5, 5.41) is 10.4. The van der Waals surface area contributed by atoms with E-state index in [0.29, 0.717) is 49.9 Å². The van der Waals surface area contributed by atoms with E-state index in [1.54, 1.807) is 26.4 Å². The van der Waals surface area contributed by atoms with Crippen LogP contribution in [0.4, 0.5) is 11.5 Å². The van der Waals surface area contributed by atoms with Crippen LogP contribution in [0.2, 0.25) is 0 Å². The van der Waals surface area contributed by atoms with Gasteiger partial charge in [-0.2, -0.15) is 5.26 Å². The van der Waals surface area contributed by atoms with Crippen LogP contribution in [0.5, 0.6) is 0 Å². The highest BCUT2D eigenvalue weighted by molar-refractivity contribution is 6.36. The Bertz CT molecular complexity index is 1350. The van der Waals surface area contributed by atoms with E-state index in [4.69, 9.17) is 14.7 Å². The summed E-state index contributed by atoms with van der Waals surface area (Å²) in [6.07, 6.45) is 5.92. The molecule has 0 spiro atoms. The number of nitriles is 1. The molecule has 0 N–H and O–H groups in total. The topological polar surface area (TPSA) is 94.2 Å². The van der Waals surface area contributed by atoms with Gasteiger partial charge in [-0.05, 0) is 43.4 Å². The number of aromatic nitrogens is 1. The Balaban J connectivity index is 1.77. The number of anilines is 1. The number of nitrogens with zero attached hydrogens (tertiary/aromatic N) is 6. The first kappa shape index (κ1) is 29.2. The fraction of sp³-hybridized carbons (Fsp3) is 0.469. The van der Waals surface area contributed by atoms with E-state index in [-0.39, 0.29) is 17.9 Å². The highest BCUT2D eigenvalue weighted by Crippen LogP contribution is 2.48. The summed E-state index contributed by atoms with van der Waals surface area (Å²) < 4.78 is 5.15. The average Bonchev–Trinajstić information content (AvgIpc) is 3.81. The van der Waals surface area contributed by atoms with Crippen molar-refractivity contribution >= 4 is 29.3 Å². The largest absolute Gasteiger partial charge is 0.384 e. The third-order valence-corrected chi connectivity index (χ3v) is 7.84. The van der Waals surface area contributed by atoms with Crippen molar-refractivity contribution in [1.82, 2.24) is 9.88 Å². The Morgan fingerprint density at radius 2 is 2.05 bits per heavy atom. The molecule has 1 aliphatic carbocycles. The van der Waals surface area contributed by atoms with Gasteiger partial charge >= 0.3 is 0 Å². The lowest BCUT2D eigenvalue weighted by atomic mass is 9.92. The molecule has 1 saturated heterocycles. The van der Waals surface area contributed by atoms with Crippen LogP contribution in [0.3, 0.4) is 0 Å². The number of rotatable bonds is 10. The molecule has 1 amide bonds. The van der Waals surface area contributed by atoms with Crippen molar-refractivity contribution in [2.75, 3.05) is 45.3 Å². The number of methoxy groups -OCH3 is 1. The number of ether oxygens (including phenoxy) is 1. The quantitative estimate of drug-likeness (QED) is 0.372. The van der Waals surface area contributed by atoms with Gasteiger partial charge in [-0.1, -0.05) is 38.6 Å². The first-order valence-electron chi connectivity index (χ1n) is 14.0. The molecule has 2 fully saturated rings. The molecule has 8 heteroatoms. The van der Waals surface area contributed by atoms with Crippen LogP contribution in [0.1, 0.15) is 55.8 Å². The SMILES string of the molecule is C=CC(C=Nc1ccccc1-c1c(C2CC2)nc(N2CCN(C(=O)CCOC)C(C(C)C)C2)c(C#N)c1C)=NC. The van der Waals surface area contributed by atoms with E-state index >= 15 is 0 Å². The zero-order chi connectivity index (χ0) is 28.8. The van der Waals surface area contributed by atoms with E-state index in [2.05, 4.69) is 42.5 Å². The van der Waals surface area contributed by atoms with Crippen molar-refractivity contribution in [3.05, 3.63) is 53.7 Å². The van der Waals surface area contributed by atoms with Crippen LogP contribution in [0.15, 0.2) is 46.9 Å². The molecule has 1 atom stereocenters. The van der Waals surface area contributed by atoms with Gasteiger partial charge in [0, 0.05) is 50.8 Å². The number of para-hydroxylation sites is 1. The van der Waals surface area contributed by atoms with Gasteiger partial charge in [-0.15, -0.1) is 0 Å². The minimum atomic E-state index is 0.0326. The molecule has 1 saturated carbocycles. The van der Waals surface area contributed by atoms with Crippen LogP contribution in [-0.4, -0.2) is 74.2 Å². The van der Waals surface area contributed by atoms with Gasteiger partial charge in [0.15, 0.2) is 0 Å². The molecule has 8 nitrogen and oxygen atoms in total. The summed E-state index contributed by atoms with van der Waals surface area (Å²) in [7, 11) is 3.33. The van der Waals surface area contributed by atoms with Crippen molar-refractivity contribution in [2.45, 2.75) is 52.0 Å². The molecule has 2 aliphatic rings. The first-order valence-corrected chi connectivity index (χ1v) is 14.0. The molecule has 0 radical (unpaired) electrons. The van der Waals surface area contributed by atoms with Crippen LogP contribution in [-0.2, 0) is 9.53 Å². The molecule has 210 valence electrons. The molecule has 2 heterocycles. The predicted octanol–water partition coefficient (Wildman–Crippen LogP) is 5.47. The number of pyridine rings is 1. The number of hydrogen-bond donors (Lipinski definition) is 0. The first-order chi connectivity index (χ1) is 19.3. The molecule has 2 aromatic rings. The van der Waals surface area contributed by atoms with E-state index in [9.17, 15) is 10.1 Å². The normalized spacial score (nSPS) is 17.9. The fourth-order valence-corrected chi connectivity index (χ4v) is 5.42. The number of carbonyl (C=O) groups excluding carboxylic acids is 1. The third kappa shape index (κ3) is 6.15. The van der Waals surface area contributed by atoms with Crippen molar-refractivity contribution in [3.63, 3.8) is 0 Å². The average molecular weight is 541 g/mol. The fourth-order valence-electron chi connectivity index (χ4n) is 5.42. The van der Waals surface area contributed by atoms with Gasteiger partial charge in [0.1, 0.15) is 11.9 Å². The Morgan fingerprint density at radius 1 is 1.30 bits per heavy atom. The van der Waals surface area contributed by atoms with Crippen molar-refractivity contribution in [3.8, 4) is 17.2 Å². The zero-order valence-electron chi connectivity index (χ0n) is 24.4.